The molecule has 11 heteroatoms. The quantitative estimate of drug-likeness (QED) is 0.386. The molecule has 2 aromatic carbocycles. The summed E-state index contributed by atoms with van der Waals surface area (Å²) in [6.07, 6.45) is 2.56. The van der Waals surface area contributed by atoms with Gasteiger partial charge in [-0.25, -0.2) is 13.8 Å². The van der Waals surface area contributed by atoms with E-state index in [1.165, 1.54) is 38.9 Å². The van der Waals surface area contributed by atoms with Gasteiger partial charge in [0.15, 0.2) is 0 Å². The summed E-state index contributed by atoms with van der Waals surface area (Å²) >= 11 is 3.23. The molecule has 6 rings (SSSR count). The Kier molecular flexibility index (Phi) is 5.82. The number of amides is 1. The molecule has 1 aliphatic heterocycles. The summed E-state index contributed by atoms with van der Waals surface area (Å²) in [5.74, 6) is -0.579. The molecule has 2 aromatic heterocycles. The van der Waals surface area contributed by atoms with Gasteiger partial charge in [-0.1, -0.05) is 22.0 Å². The molecule has 2 aliphatic rings. The minimum absolute atomic E-state index is 0.00211. The number of pyridine rings is 1. The van der Waals surface area contributed by atoms with Crippen LogP contribution in [-0.2, 0) is 11.8 Å². The second-order valence-electron chi connectivity index (χ2n) is 9.60. The molecule has 9 nitrogen and oxygen atoms in total. The highest BCUT2D eigenvalue weighted by Crippen LogP contribution is 2.34. The zero-order valence-electron chi connectivity index (χ0n) is 20.4. The molecular formula is C27H23BrFN5O4. The molecule has 1 N–H and O–H groups in total. The number of nitrogens with zero attached hydrogens (tertiary/aromatic N) is 4. The highest BCUT2D eigenvalue weighted by atomic mass is 79.9. The number of aryl methyl sites for hydroxylation is 1. The second kappa shape index (κ2) is 9.09. The van der Waals surface area contributed by atoms with Gasteiger partial charge in [-0.15, -0.1) is 0 Å². The highest BCUT2D eigenvalue weighted by molar-refractivity contribution is 9.10. The lowest BCUT2D eigenvalue weighted by Gasteiger charge is -2.21. The van der Waals surface area contributed by atoms with Crippen LogP contribution in [0.25, 0.3) is 16.7 Å². The molecule has 2 fully saturated rings. The van der Waals surface area contributed by atoms with Gasteiger partial charge in [0.2, 0.25) is 5.91 Å². The maximum Gasteiger partial charge on any atom is 0.337 e. The van der Waals surface area contributed by atoms with E-state index in [1.54, 1.807) is 35.2 Å². The smallest absolute Gasteiger partial charge is 0.337 e. The SMILES string of the molecule is Cn1c(=O)cc(Nc2ccc(Br)cc2F)c2c(=O)n(C3CC3)c(=O)n(-c3cccc(N4CCCC4=O)c3)c21. The van der Waals surface area contributed by atoms with Crippen molar-refractivity contribution >= 4 is 49.9 Å². The number of aromatic nitrogens is 3. The number of hydrogen-bond donors (Lipinski definition) is 1. The maximum atomic E-state index is 14.7. The van der Waals surface area contributed by atoms with E-state index in [1.807, 2.05) is 0 Å². The van der Waals surface area contributed by atoms with E-state index in [2.05, 4.69) is 21.2 Å². The van der Waals surface area contributed by atoms with Crippen molar-refractivity contribution in [2.45, 2.75) is 31.7 Å². The Labute approximate surface area is 223 Å². The van der Waals surface area contributed by atoms with Crippen LogP contribution in [-0.4, -0.2) is 26.2 Å². The summed E-state index contributed by atoms with van der Waals surface area (Å²) < 4.78 is 19.0. The minimum atomic E-state index is -0.577. The first-order valence-corrected chi connectivity index (χ1v) is 13.1. The van der Waals surface area contributed by atoms with Crippen LogP contribution in [0.15, 0.2) is 67.4 Å². The highest BCUT2D eigenvalue weighted by Gasteiger charge is 2.31. The van der Waals surface area contributed by atoms with Crippen LogP contribution in [0.1, 0.15) is 31.7 Å². The van der Waals surface area contributed by atoms with Crippen molar-refractivity contribution < 1.29 is 9.18 Å². The monoisotopic (exact) mass is 579 g/mol. The summed E-state index contributed by atoms with van der Waals surface area (Å²) in [4.78, 5) is 54.8. The normalized spacial score (nSPS) is 15.4. The van der Waals surface area contributed by atoms with E-state index in [-0.39, 0.29) is 34.4 Å². The third-order valence-corrected chi connectivity index (χ3v) is 7.53. The van der Waals surface area contributed by atoms with Crippen molar-refractivity contribution in [3.63, 3.8) is 0 Å². The summed E-state index contributed by atoms with van der Waals surface area (Å²) in [6.45, 7) is 0.574. The Hall–Kier alpha value is -3.99. The fourth-order valence-electron chi connectivity index (χ4n) is 5.01. The van der Waals surface area contributed by atoms with Crippen molar-refractivity contribution in [2.24, 2.45) is 7.05 Å². The molecule has 0 bridgehead atoms. The molecule has 1 amide bonds. The topological polar surface area (TPSA) is 98.3 Å². The minimum Gasteiger partial charge on any atom is -0.352 e. The zero-order valence-corrected chi connectivity index (χ0v) is 22.0. The third-order valence-electron chi connectivity index (χ3n) is 7.04. The van der Waals surface area contributed by atoms with Crippen molar-refractivity contribution in [2.75, 3.05) is 16.8 Å². The van der Waals surface area contributed by atoms with E-state index < -0.39 is 22.6 Å². The zero-order chi connectivity index (χ0) is 26.7. The van der Waals surface area contributed by atoms with Gasteiger partial charge >= 0.3 is 5.69 Å². The Morgan fingerprint density at radius 2 is 1.74 bits per heavy atom. The lowest BCUT2D eigenvalue weighted by Crippen LogP contribution is -2.41. The fourth-order valence-corrected chi connectivity index (χ4v) is 5.34. The molecule has 38 heavy (non-hydrogen) atoms. The molecular weight excluding hydrogens is 557 g/mol. The first kappa shape index (κ1) is 24.4. The van der Waals surface area contributed by atoms with Crippen molar-refractivity contribution in [3.8, 4) is 5.69 Å². The molecule has 0 spiro atoms. The number of nitrogens with one attached hydrogen (secondary N) is 1. The molecule has 0 unspecified atom stereocenters. The Bertz CT molecular complexity index is 1820. The summed E-state index contributed by atoms with van der Waals surface area (Å²) in [7, 11) is 1.49. The average Bonchev–Trinajstić information content (AvgIpc) is 3.62. The van der Waals surface area contributed by atoms with Crippen molar-refractivity contribution in [1.29, 1.82) is 0 Å². The van der Waals surface area contributed by atoms with E-state index >= 15 is 0 Å². The van der Waals surface area contributed by atoms with E-state index in [9.17, 15) is 23.6 Å². The summed E-state index contributed by atoms with van der Waals surface area (Å²) in [6, 6.07) is 12.3. The first-order chi connectivity index (χ1) is 18.2. The van der Waals surface area contributed by atoms with Crippen LogP contribution >= 0.6 is 15.9 Å². The molecule has 1 saturated carbocycles. The number of halogens is 2. The van der Waals surface area contributed by atoms with Crippen LogP contribution in [0.2, 0.25) is 0 Å². The number of anilines is 3. The number of rotatable bonds is 5. The van der Waals surface area contributed by atoms with Crippen molar-refractivity contribution in [1.82, 2.24) is 13.7 Å². The largest absolute Gasteiger partial charge is 0.352 e. The van der Waals surface area contributed by atoms with Gasteiger partial charge in [0, 0.05) is 42.3 Å². The van der Waals surface area contributed by atoms with Gasteiger partial charge in [0.05, 0.1) is 17.1 Å². The number of fused-ring (bicyclic) bond motifs is 1. The summed E-state index contributed by atoms with van der Waals surface area (Å²) in [5, 5.41) is 2.99. The third kappa shape index (κ3) is 3.97. The van der Waals surface area contributed by atoms with Gasteiger partial charge in [0.25, 0.3) is 11.1 Å². The standard InChI is InChI=1S/C27H23BrFN5O4/c1-31-23(36)14-21(30-20-10-7-15(28)12-19(20)29)24-25(31)33(27(38)34(26(24)37)16-8-9-16)18-5-2-4-17(13-18)32-11-3-6-22(32)35/h2,4-5,7,10,12-14,16,30H,3,6,8-9,11H2,1H3. The second-order valence-corrected chi connectivity index (χ2v) is 10.5. The van der Waals surface area contributed by atoms with Gasteiger partial charge in [-0.05, 0) is 55.7 Å². The Morgan fingerprint density at radius 1 is 0.974 bits per heavy atom. The number of carbonyl (C=O) groups excluding carboxylic acids is 1. The molecule has 194 valence electrons. The van der Waals surface area contributed by atoms with Crippen LogP contribution < -0.4 is 27.0 Å². The van der Waals surface area contributed by atoms with Crippen LogP contribution in [0.3, 0.4) is 0 Å². The molecule has 3 heterocycles. The van der Waals surface area contributed by atoms with Crippen LogP contribution in [0.4, 0.5) is 21.5 Å². The van der Waals surface area contributed by atoms with Crippen molar-refractivity contribution in [3.05, 3.63) is 90.0 Å². The predicted molar refractivity (Wildman–Crippen MR) is 146 cm³/mol. The molecule has 0 atom stereocenters. The van der Waals surface area contributed by atoms with E-state index in [0.717, 1.165) is 6.42 Å². The lowest BCUT2D eigenvalue weighted by atomic mass is 10.2. The number of benzene rings is 2. The Morgan fingerprint density at radius 3 is 2.42 bits per heavy atom. The van der Waals surface area contributed by atoms with Crippen LogP contribution in [0.5, 0.6) is 0 Å². The van der Waals surface area contributed by atoms with E-state index in [4.69, 9.17) is 0 Å². The molecule has 1 aliphatic carbocycles. The van der Waals surface area contributed by atoms with E-state index in [0.29, 0.717) is 41.7 Å². The predicted octanol–water partition coefficient (Wildman–Crippen LogP) is 3.96. The fraction of sp³-hybridized carbons (Fsp3) is 0.259. The molecule has 4 aromatic rings. The summed E-state index contributed by atoms with van der Waals surface area (Å²) in [5.41, 5.74) is -0.314. The average molecular weight is 580 g/mol. The molecule has 1 saturated heterocycles. The lowest BCUT2D eigenvalue weighted by molar-refractivity contribution is -0.117. The Balaban J connectivity index is 1.66. The van der Waals surface area contributed by atoms with Gasteiger partial charge in [0.1, 0.15) is 16.9 Å². The van der Waals surface area contributed by atoms with Crippen LogP contribution in [0, 0.1) is 5.82 Å². The molecule has 0 radical (unpaired) electrons. The van der Waals surface area contributed by atoms with Gasteiger partial charge in [-0.2, -0.15) is 0 Å². The van der Waals surface area contributed by atoms with Gasteiger partial charge in [-0.3, -0.25) is 23.5 Å². The number of carbonyl (C=O) groups is 1. The number of hydrogen-bond acceptors (Lipinski definition) is 5. The van der Waals surface area contributed by atoms with Gasteiger partial charge < -0.3 is 10.2 Å². The maximum absolute atomic E-state index is 14.7. The first-order valence-electron chi connectivity index (χ1n) is 12.3.